The number of carbonyl (C=O) groups is 1. The second kappa shape index (κ2) is 5.73. The van der Waals surface area contributed by atoms with Gasteiger partial charge in [-0.3, -0.25) is 4.79 Å². The lowest BCUT2D eigenvalue weighted by atomic mass is 9.83. The highest BCUT2D eigenvalue weighted by Crippen LogP contribution is 2.30. The zero-order valence-corrected chi connectivity index (χ0v) is 11.0. The van der Waals surface area contributed by atoms with Crippen LogP contribution in [-0.4, -0.2) is 26.7 Å². The maximum atomic E-state index is 11.8. The summed E-state index contributed by atoms with van der Waals surface area (Å²) in [4.78, 5) is 11.8. The van der Waals surface area contributed by atoms with Crippen LogP contribution in [0, 0.1) is 5.41 Å². The number of nitrogens with two attached hydrogens (primary N) is 2. The fourth-order valence-corrected chi connectivity index (χ4v) is 1.83. The molecular formula is C13H20N2O3. The van der Waals surface area contributed by atoms with E-state index in [2.05, 4.69) is 0 Å². The minimum Gasteiger partial charge on any atom is -0.496 e. The molecule has 5 nitrogen and oxygen atoms in total. The van der Waals surface area contributed by atoms with Gasteiger partial charge in [0.2, 0.25) is 0 Å². The number of anilines is 1. The Morgan fingerprint density at radius 2 is 2.06 bits per heavy atom. The first-order valence-corrected chi connectivity index (χ1v) is 5.67. The van der Waals surface area contributed by atoms with E-state index in [-0.39, 0.29) is 12.5 Å². The van der Waals surface area contributed by atoms with E-state index in [1.807, 2.05) is 0 Å². The smallest absolute Gasteiger partial charge is 0.313 e. The minimum absolute atomic E-state index is 0.192. The van der Waals surface area contributed by atoms with Crippen molar-refractivity contribution in [3.05, 3.63) is 23.8 Å². The number of benzene rings is 1. The number of ether oxygens (including phenoxy) is 2. The van der Waals surface area contributed by atoms with Crippen LogP contribution in [0.3, 0.4) is 0 Å². The lowest BCUT2D eigenvalue weighted by molar-refractivity contribution is -0.151. The zero-order valence-electron chi connectivity index (χ0n) is 11.0. The first-order valence-electron chi connectivity index (χ1n) is 5.67. The Bertz CT molecular complexity index is 434. The van der Waals surface area contributed by atoms with Crippen LogP contribution in [0.15, 0.2) is 18.2 Å². The van der Waals surface area contributed by atoms with Crippen LogP contribution < -0.4 is 16.2 Å². The molecule has 0 heterocycles. The van der Waals surface area contributed by atoms with Crippen molar-refractivity contribution < 1.29 is 14.3 Å². The molecule has 0 saturated heterocycles. The van der Waals surface area contributed by atoms with Crippen molar-refractivity contribution in [2.45, 2.75) is 13.3 Å². The van der Waals surface area contributed by atoms with Crippen molar-refractivity contribution in [3.8, 4) is 5.75 Å². The standard InChI is InChI=1S/C13H20N2O3/c1-13(8-14,12(16)18-3)7-9-6-10(15)4-5-11(9)17-2/h4-6H,7-8,14-15H2,1-3H3. The van der Waals surface area contributed by atoms with Gasteiger partial charge in [0.1, 0.15) is 5.75 Å². The van der Waals surface area contributed by atoms with Crippen molar-refractivity contribution in [2.24, 2.45) is 11.1 Å². The van der Waals surface area contributed by atoms with E-state index < -0.39 is 5.41 Å². The number of carbonyl (C=O) groups excluding carboxylic acids is 1. The van der Waals surface area contributed by atoms with Crippen molar-refractivity contribution in [3.63, 3.8) is 0 Å². The van der Waals surface area contributed by atoms with Crippen LogP contribution in [0.2, 0.25) is 0 Å². The molecule has 5 heteroatoms. The Balaban J connectivity index is 3.08. The Morgan fingerprint density at radius 1 is 1.39 bits per heavy atom. The zero-order chi connectivity index (χ0) is 13.8. The van der Waals surface area contributed by atoms with Gasteiger partial charge >= 0.3 is 5.97 Å². The highest BCUT2D eigenvalue weighted by molar-refractivity contribution is 5.77. The van der Waals surface area contributed by atoms with Crippen LogP contribution >= 0.6 is 0 Å². The fourth-order valence-electron chi connectivity index (χ4n) is 1.83. The number of hydrogen-bond acceptors (Lipinski definition) is 5. The van der Waals surface area contributed by atoms with Crippen molar-refractivity contribution in [1.82, 2.24) is 0 Å². The summed E-state index contributed by atoms with van der Waals surface area (Å²) < 4.78 is 10.0. The SMILES string of the molecule is COC(=O)C(C)(CN)Cc1cc(N)ccc1OC. The largest absolute Gasteiger partial charge is 0.496 e. The summed E-state index contributed by atoms with van der Waals surface area (Å²) in [5.74, 6) is 0.349. The molecule has 100 valence electrons. The molecule has 1 rings (SSSR count). The summed E-state index contributed by atoms with van der Waals surface area (Å²) in [6.45, 7) is 1.96. The van der Waals surface area contributed by atoms with Crippen LogP contribution in [0.1, 0.15) is 12.5 Å². The molecule has 0 radical (unpaired) electrons. The summed E-state index contributed by atoms with van der Waals surface area (Å²) >= 11 is 0. The average molecular weight is 252 g/mol. The number of hydrogen-bond donors (Lipinski definition) is 2. The molecule has 0 spiro atoms. The molecule has 4 N–H and O–H groups in total. The summed E-state index contributed by atoms with van der Waals surface area (Å²) in [5.41, 5.74) is 12.1. The van der Waals surface area contributed by atoms with Gasteiger partial charge in [0.25, 0.3) is 0 Å². The molecule has 1 unspecified atom stereocenters. The van der Waals surface area contributed by atoms with Crippen LogP contribution in [0.5, 0.6) is 5.75 Å². The molecule has 0 aliphatic rings. The predicted octanol–water partition coefficient (Wildman–Crippen LogP) is 0.958. The highest BCUT2D eigenvalue weighted by Gasteiger charge is 2.34. The van der Waals surface area contributed by atoms with Gasteiger partial charge in [-0.2, -0.15) is 0 Å². The molecule has 1 aromatic rings. The van der Waals surface area contributed by atoms with Gasteiger partial charge in [-0.1, -0.05) is 0 Å². The van der Waals surface area contributed by atoms with Gasteiger partial charge in [0, 0.05) is 12.2 Å². The molecule has 0 aliphatic carbocycles. The topological polar surface area (TPSA) is 87.6 Å². The molecular weight excluding hydrogens is 232 g/mol. The molecule has 18 heavy (non-hydrogen) atoms. The third-order valence-corrected chi connectivity index (χ3v) is 3.01. The first kappa shape index (κ1) is 14.3. The third kappa shape index (κ3) is 2.92. The van der Waals surface area contributed by atoms with Gasteiger partial charge in [-0.25, -0.2) is 0 Å². The lowest BCUT2D eigenvalue weighted by Crippen LogP contribution is -2.38. The molecule has 0 aliphatic heterocycles. The van der Waals surface area contributed by atoms with E-state index >= 15 is 0 Å². The van der Waals surface area contributed by atoms with Crippen molar-refractivity contribution in [2.75, 3.05) is 26.5 Å². The lowest BCUT2D eigenvalue weighted by Gasteiger charge is -2.25. The quantitative estimate of drug-likeness (QED) is 0.602. The van der Waals surface area contributed by atoms with E-state index in [9.17, 15) is 4.79 Å². The molecule has 0 amide bonds. The summed E-state index contributed by atoms with van der Waals surface area (Å²) in [5, 5.41) is 0. The Hall–Kier alpha value is -1.75. The number of esters is 1. The fraction of sp³-hybridized carbons (Fsp3) is 0.462. The first-order chi connectivity index (χ1) is 8.46. The van der Waals surface area contributed by atoms with Gasteiger partial charge in [0.15, 0.2) is 0 Å². The molecule has 1 atom stereocenters. The van der Waals surface area contributed by atoms with Gasteiger partial charge in [-0.05, 0) is 37.1 Å². The minimum atomic E-state index is -0.782. The van der Waals surface area contributed by atoms with E-state index in [0.29, 0.717) is 17.9 Å². The van der Waals surface area contributed by atoms with E-state index in [1.54, 1.807) is 32.2 Å². The Labute approximate surface area is 107 Å². The predicted molar refractivity (Wildman–Crippen MR) is 70.3 cm³/mol. The maximum absolute atomic E-state index is 11.8. The molecule has 0 bridgehead atoms. The highest BCUT2D eigenvalue weighted by atomic mass is 16.5. The second-order valence-corrected chi connectivity index (χ2v) is 4.50. The van der Waals surface area contributed by atoms with E-state index in [1.165, 1.54) is 7.11 Å². The molecule has 0 saturated carbocycles. The monoisotopic (exact) mass is 252 g/mol. The molecule has 1 aromatic carbocycles. The third-order valence-electron chi connectivity index (χ3n) is 3.01. The molecule has 0 fully saturated rings. The van der Waals surface area contributed by atoms with Gasteiger partial charge in [0.05, 0.1) is 19.6 Å². The Morgan fingerprint density at radius 3 is 2.56 bits per heavy atom. The number of rotatable bonds is 5. The normalized spacial score (nSPS) is 13.8. The van der Waals surface area contributed by atoms with Gasteiger partial charge < -0.3 is 20.9 Å². The summed E-state index contributed by atoms with van der Waals surface area (Å²) in [6, 6.07) is 5.31. The number of nitrogen functional groups attached to an aromatic ring is 1. The van der Waals surface area contributed by atoms with Gasteiger partial charge in [-0.15, -0.1) is 0 Å². The van der Waals surface area contributed by atoms with Crippen molar-refractivity contribution >= 4 is 11.7 Å². The average Bonchev–Trinajstić information content (AvgIpc) is 2.37. The van der Waals surface area contributed by atoms with E-state index in [0.717, 1.165) is 5.56 Å². The van der Waals surface area contributed by atoms with E-state index in [4.69, 9.17) is 20.9 Å². The number of methoxy groups -OCH3 is 2. The van der Waals surface area contributed by atoms with Crippen LogP contribution in [0.25, 0.3) is 0 Å². The second-order valence-electron chi connectivity index (χ2n) is 4.50. The Kier molecular flexibility index (Phi) is 4.55. The summed E-state index contributed by atoms with van der Waals surface area (Å²) in [6.07, 6.45) is 0.421. The molecule has 0 aromatic heterocycles. The summed E-state index contributed by atoms with van der Waals surface area (Å²) in [7, 11) is 2.93. The maximum Gasteiger partial charge on any atom is 0.313 e. The van der Waals surface area contributed by atoms with Crippen molar-refractivity contribution in [1.29, 1.82) is 0 Å². The van der Waals surface area contributed by atoms with Crippen LogP contribution in [0.4, 0.5) is 5.69 Å². The van der Waals surface area contributed by atoms with Crippen LogP contribution in [-0.2, 0) is 16.0 Å².